The zero-order chi connectivity index (χ0) is 35.0. The first-order valence-corrected chi connectivity index (χ1v) is 21.4. The minimum absolute atomic E-state index is 0.0393. The zero-order valence-electron chi connectivity index (χ0n) is 31.6. The van der Waals surface area contributed by atoms with E-state index in [1.54, 1.807) is 0 Å². The van der Waals surface area contributed by atoms with E-state index in [4.69, 9.17) is 9.47 Å². The topological polar surface area (TPSA) is 46.0 Å². The molecule has 53 heavy (non-hydrogen) atoms. The van der Waals surface area contributed by atoms with Crippen LogP contribution in [0.3, 0.4) is 0 Å². The molecule has 1 aromatic heterocycles. The number of hydrogen-bond acceptors (Lipinski definition) is 6. The molecule has 0 bridgehead atoms. The van der Waals surface area contributed by atoms with Gasteiger partial charge in [0.05, 0.1) is 11.0 Å². The lowest BCUT2D eigenvalue weighted by molar-refractivity contribution is 0.0330. The molecule has 278 valence electrons. The number of anilines is 1. The molecular formula is C46H57N5O2. The molecule has 3 aromatic carbocycles. The molecule has 2 spiro atoms. The second-order valence-electron chi connectivity index (χ2n) is 18.2. The van der Waals surface area contributed by atoms with Gasteiger partial charge in [-0.05, 0) is 138 Å². The number of likely N-dealkylation sites (tertiary alicyclic amines) is 2. The molecule has 2 aliphatic carbocycles. The van der Waals surface area contributed by atoms with E-state index in [-0.39, 0.29) is 11.2 Å². The van der Waals surface area contributed by atoms with Crippen molar-refractivity contribution in [2.45, 2.75) is 120 Å². The van der Waals surface area contributed by atoms with Crippen LogP contribution in [0.4, 0.5) is 5.69 Å². The number of ether oxygens (including phenoxy) is 2. The van der Waals surface area contributed by atoms with Crippen LogP contribution in [0.25, 0.3) is 16.7 Å². The maximum Gasteiger partial charge on any atom is 0.123 e. The molecule has 2 atom stereocenters. The predicted molar refractivity (Wildman–Crippen MR) is 212 cm³/mol. The number of imidazole rings is 1. The SMILES string of the molecule is c1ccc2c(c1)ncn2-c1ccc2c(c1)C[C@]1(CCCN(C3CC(C4CCN(c5ccc6c(c5)CC5(CCCN(C7CCC7)CC5)O6)CC4)C3)CC1)O2. The molecule has 0 amide bonds. The summed E-state index contributed by atoms with van der Waals surface area (Å²) in [5.41, 5.74) is 7.62. The second kappa shape index (κ2) is 13.0. The average Bonchev–Trinajstić information content (AvgIpc) is 3.75. The number of benzene rings is 3. The minimum atomic E-state index is -0.0423. The van der Waals surface area contributed by atoms with E-state index < -0.39 is 0 Å². The fraction of sp³-hybridized carbons (Fsp3) is 0.587. The number of aromatic nitrogens is 2. The predicted octanol–water partition coefficient (Wildman–Crippen LogP) is 8.59. The van der Waals surface area contributed by atoms with Crippen LogP contribution in [0.1, 0.15) is 94.6 Å². The Hall–Kier alpha value is -3.55. The van der Waals surface area contributed by atoms with E-state index in [0.717, 1.165) is 66.4 Å². The van der Waals surface area contributed by atoms with Gasteiger partial charge in [-0.2, -0.15) is 0 Å². The molecule has 7 nitrogen and oxygen atoms in total. The summed E-state index contributed by atoms with van der Waals surface area (Å²) in [5, 5.41) is 0. The second-order valence-corrected chi connectivity index (χ2v) is 18.2. The van der Waals surface area contributed by atoms with Crippen molar-refractivity contribution >= 4 is 16.7 Å². The van der Waals surface area contributed by atoms with Crippen molar-refractivity contribution in [2.24, 2.45) is 11.8 Å². The number of fused-ring (bicyclic) bond motifs is 3. The van der Waals surface area contributed by atoms with Crippen LogP contribution in [-0.4, -0.2) is 81.9 Å². The lowest BCUT2D eigenvalue weighted by Crippen LogP contribution is -2.49. The van der Waals surface area contributed by atoms with Gasteiger partial charge in [-0.15, -0.1) is 0 Å². The minimum Gasteiger partial charge on any atom is -0.487 e. The summed E-state index contributed by atoms with van der Waals surface area (Å²) in [6, 6.07) is 23.9. The van der Waals surface area contributed by atoms with Crippen LogP contribution in [0.2, 0.25) is 0 Å². The Morgan fingerprint density at radius 3 is 1.91 bits per heavy atom. The van der Waals surface area contributed by atoms with Crippen LogP contribution < -0.4 is 14.4 Å². The first-order chi connectivity index (χ1) is 26.1. The number of hydrogen-bond donors (Lipinski definition) is 0. The van der Waals surface area contributed by atoms with Crippen LogP contribution in [0.15, 0.2) is 67.0 Å². The van der Waals surface area contributed by atoms with Gasteiger partial charge in [0, 0.05) is 86.4 Å². The Balaban J connectivity index is 0.662. The summed E-state index contributed by atoms with van der Waals surface area (Å²) in [4.78, 5) is 12.9. The van der Waals surface area contributed by atoms with E-state index in [1.165, 1.54) is 138 Å². The maximum atomic E-state index is 6.83. The van der Waals surface area contributed by atoms with Gasteiger partial charge >= 0.3 is 0 Å². The standard InChI is InChI=1S/C46H57N5O2/c1-2-9-42-41(8-1)47-32-51(42)39-11-13-44-36(29-39)31-46(53-44)17-5-21-49(25-19-46)40-26-34(27-40)33-14-22-50(23-15-33)38-10-12-43-35(28-38)30-45(52-43)16-4-20-48(24-18-45)37-6-3-7-37/h1-2,8-13,28-29,32-34,37,40H,3-7,14-27,30-31H2/t34?,40?,45?,46-/m1/s1. The van der Waals surface area contributed by atoms with E-state index in [0.29, 0.717) is 0 Å². The highest BCUT2D eigenvalue weighted by Crippen LogP contribution is 2.47. The molecule has 7 heteroatoms. The molecule has 3 saturated heterocycles. The van der Waals surface area contributed by atoms with E-state index in [1.807, 2.05) is 6.33 Å². The van der Waals surface area contributed by atoms with Crippen LogP contribution in [0.5, 0.6) is 11.5 Å². The van der Waals surface area contributed by atoms with Crippen molar-refractivity contribution in [2.75, 3.05) is 44.2 Å². The molecule has 5 aliphatic heterocycles. The fourth-order valence-electron chi connectivity index (χ4n) is 11.7. The van der Waals surface area contributed by atoms with E-state index >= 15 is 0 Å². The van der Waals surface area contributed by atoms with Crippen molar-refractivity contribution in [3.05, 3.63) is 78.1 Å². The Morgan fingerprint density at radius 2 is 1.23 bits per heavy atom. The third-order valence-corrected chi connectivity index (χ3v) is 15.2. The summed E-state index contributed by atoms with van der Waals surface area (Å²) >= 11 is 0. The maximum absolute atomic E-state index is 6.83. The molecule has 1 unspecified atom stereocenters. The Labute approximate surface area is 315 Å². The molecule has 2 saturated carbocycles. The highest BCUT2D eigenvalue weighted by Gasteiger charge is 2.45. The number of para-hydroxylation sites is 2. The molecule has 5 fully saturated rings. The van der Waals surface area contributed by atoms with Gasteiger partial charge in [0.1, 0.15) is 29.0 Å². The highest BCUT2D eigenvalue weighted by atomic mass is 16.5. The monoisotopic (exact) mass is 711 g/mol. The molecule has 0 radical (unpaired) electrons. The third-order valence-electron chi connectivity index (χ3n) is 15.2. The van der Waals surface area contributed by atoms with Gasteiger partial charge in [-0.25, -0.2) is 4.98 Å². The lowest BCUT2D eigenvalue weighted by atomic mass is 9.68. The Bertz CT molecular complexity index is 1970. The van der Waals surface area contributed by atoms with Crippen LogP contribution in [0, 0.1) is 11.8 Å². The molecule has 6 heterocycles. The molecule has 11 rings (SSSR count). The van der Waals surface area contributed by atoms with Crippen molar-refractivity contribution in [3.63, 3.8) is 0 Å². The van der Waals surface area contributed by atoms with Crippen molar-refractivity contribution in [1.29, 1.82) is 0 Å². The van der Waals surface area contributed by atoms with Crippen LogP contribution in [-0.2, 0) is 12.8 Å². The summed E-state index contributed by atoms with van der Waals surface area (Å²) in [5.74, 6) is 4.06. The van der Waals surface area contributed by atoms with Gasteiger partial charge < -0.3 is 24.2 Å². The quantitative estimate of drug-likeness (QED) is 0.207. The number of piperidine rings is 1. The zero-order valence-corrected chi connectivity index (χ0v) is 31.6. The molecule has 4 aromatic rings. The van der Waals surface area contributed by atoms with Gasteiger partial charge in [0.2, 0.25) is 0 Å². The smallest absolute Gasteiger partial charge is 0.123 e. The van der Waals surface area contributed by atoms with Gasteiger partial charge in [0.25, 0.3) is 0 Å². The Morgan fingerprint density at radius 1 is 0.585 bits per heavy atom. The fourth-order valence-corrected chi connectivity index (χ4v) is 11.7. The van der Waals surface area contributed by atoms with Crippen molar-refractivity contribution in [1.82, 2.24) is 19.4 Å². The molecule has 0 N–H and O–H groups in total. The first-order valence-electron chi connectivity index (χ1n) is 21.4. The largest absolute Gasteiger partial charge is 0.487 e. The van der Waals surface area contributed by atoms with Gasteiger partial charge in [0.15, 0.2) is 0 Å². The van der Waals surface area contributed by atoms with Crippen LogP contribution >= 0.6 is 0 Å². The summed E-state index contributed by atoms with van der Waals surface area (Å²) < 4.78 is 15.8. The number of rotatable bonds is 5. The first kappa shape index (κ1) is 32.8. The normalized spacial score (nSPS) is 31.1. The van der Waals surface area contributed by atoms with E-state index in [2.05, 4.69) is 84.9 Å². The van der Waals surface area contributed by atoms with Gasteiger partial charge in [-0.3, -0.25) is 4.57 Å². The molecule has 7 aliphatic rings. The lowest BCUT2D eigenvalue weighted by Gasteiger charge is -2.48. The van der Waals surface area contributed by atoms with Gasteiger partial charge in [-0.1, -0.05) is 18.6 Å². The average molecular weight is 712 g/mol. The molecular weight excluding hydrogens is 655 g/mol. The van der Waals surface area contributed by atoms with Crippen molar-refractivity contribution < 1.29 is 9.47 Å². The number of nitrogens with zero attached hydrogens (tertiary/aromatic N) is 5. The Kier molecular flexibility index (Phi) is 8.08. The van der Waals surface area contributed by atoms with E-state index in [9.17, 15) is 0 Å². The summed E-state index contributed by atoms with van der Waals surface area (Å²) in [7, 11) is 0. The highest BCUT2D eigenvalue weighted by molar-refractivity contribution is 5.77. The summed E-state index contributed by atoms with van der Waals surface area (Å²) in [6.45, 7) is 7.29. The third kappa shape index (κ3) is 5.96. The summed E-state index contributed by atoms with van der Waals surface area (Å²) in [6.07, 6.45) is 21.0. The van der Waals surface area contributed by atoms with Crippen molar-refractivity contribution in [3.8, 4) is 17.2 Å².